The van der Waals surface area contributed by atoms with Crippen molar-refractivity contribution < 1.29 is 4.84 Å². The first kappa shape index (κ1) is 28.9. The number of nitrogens with zero attached hydrogens (tertiary/aromatic N) is 7. The number of oxime groups is 1. The molecule has 4 heterocycles. The Bertz CT molecular complexity index is 1730. The van der Waals surface area contributed by atoms with Gasteiger partial charge in [0.1, 0.15) is 5.65 Å². The van der Waals surface area contributed by atoms with Crippen molar-refractivity contribution in [3.63, 3.8) is 0 Å². The van der Waals surface area contributed by atoms with E-state index in [0.29, 0.717) is 46.2 Å². The lowest BCUT2D eigenvalue weighted by Crippen LogP contribution is -2.48. The fourth-order valence-corrected chi connectivity index (χ4v) is 5.93. The minimum atomic E-state index is -0.163. The zero-order valence-electron chi connectivity index (χ0n) is 25.2. The molecule has 2 aromatic heterocycles. The molecule has 0 spiro atoms. The largest absolute Gasteiger partial charge is 0.369 e. The molecule has 1 fully saturated rings. The molecule has 11 heteroatoms. The summed E-state index contributed by atoms with van der Waals surface area (Å²) in [6.07, 6.45) is 1.59. The molecule has 0 radical (unpaired) electrons. The molecule has 0 saturated carbocycles. The Labute approximate surface area is 256 Å². The number of nitrogens with one attached hydrogen (secondary N) is 1. The van der Waals surface area contributed by atoms with E-state index in [-0.39, 0.29) is 11.8 Å². The van der Waals surface area contributed by atoms with Crippen LogP contribution < -0.4 is 15.8 Å². The molecule has 2 aromatic carbocycles. The van der Waals surface area contributed by atoms with Crippen molar-refractivity contribution in [1.29, 1.82) is 0 Å². The maximum atomic E-state index is 13.7. The average molecular weight is 601 g/mol. The fraction of sp³-hybridized carbons (Fsp3) is 0.375. The van der Waals surface area contributed by atoms with E-state index in [1.165, 1.54) is 5.69 Å². The number of anilines is 3. The Morgan fingerprint density at radius 3 is 2.42 bits per heavy atom. The fourth-order valence-electron chi connectivity index (χ4n) is 5.65. The van der Waals surface area contributed by atoms with Crippen LogP contribution in [0.4, 0.5) is 17.3 Å². The Morgan fingerprint density at radius 2 is 1.79 bits per heavy atom. The molecule has 2 aliphatic rings. The standard InChI is InChI=1S/C32H37ClN8O2/c1-6-41-29-23(17-27(31(41)42)26-12-7-22(18-28(26)33)30-37-43-21(4)38(30)5)19-34-32(36-29)35-24-8-10-25(11-9-24)40-15-13-39(14-16-40)20(2)3/h7-12,17-21H,6,13-16H2,1-5H3,(H,34,35,36). The van der Waals surface area contributed by atoms with Gasteiger partial charge in [0, 0.05) is 90.5 Å². The highest BCUT2D eigenvalue weighted by molar-refractivity contribution is 6.33. The minimum Gasteiger partial charge on any atom is -0.369 e. The number of rotatable bonds is 7. The Morgan fingerprint density at radius 1 is 1.05 bits per heavy atom. The van der Waals surface area contributed by atoms with Gasteiger partial charge in [-0.2, -0.15) is 4.98 Å². The molecule has 1 atom stereocenters. The second-order valence-electron chi connectivity index (χ2n) is 11.3. The first-order valence-corrected chi connectivity index (χ1v) is 15.1. The molecule has 224 valence electrons. The normalized spacial score (nSPS) is 17.5. The molecular formula is C32H37ClN8O2. The van der Waals surface area contributed by atoms with E-state index < -0.39 is 0 Å². The number of halogens is 1. The van der Waals surface area contributed by atoms with E-state index in [4.69, 9.17) is 21.4 Å². The Hall–Kier alpha value is -4.15. The van der Waals surface area contributed by atoms with Crippen LogP contribution in [0.2, 0.25) is 5.02 Å². The van der Waals surface area contributed by atoms with Crippen molar-refractivity contribution in [1.82, 2.24) is 24.3 Å². The molecule has 2 aliphatic heterocycles. The molecular weight excluding hydrogens is 564 g/mol. The highest BCUT2D eigenvalue weighted by atomic mass is 35.5. The van der Waals surface area contributed by atoms with Crippen LogP contribution in [0.25, 0.3) is 22.2 Å². The van der Waals surface area contributed by atoms with E-state index in [1.807, 2.05) is 62.2 Å². The number of aromatic nitrogens is 3. The zero-order chi connectivity index (χ0) is 30.2. The molecule has 4 aromatic rings. The second kappa shape index (κ2) is 11.9. The van der Waals surface area contributed by atoms with Gasteiger partial charge in [0.2, 0.25) is 5.95 Å². The third-order valence-electron chi connectivity index (χ3n) is 8.37. The van der Waals surface area contributed by atoms with Gasteiger partial charge in [-0.25, -0.2) is 4.98 Å². The maximum absolute atomic E-state index is 13.7. The summed E-state index contributed by atoms with van der Waals surface area (Å²) in [5, 5.41) is 8.67. The van der Waals surface area contributed by atoms with E-state index in [0.717, 1.165) is 42.8 Å². The first-order chi connectivity index (χ1) is 20.7. The van der Waals surface area contributed by atoms with Crippen LogP contribution in [0.3, 0.4) is 0 Å². The third kappa shape index (κ3) is 5.64. The highest BCUT2D eigenvalue weighted by Gasteiger charge is 2.25. The summed E-state index contributed by atoms with van der Waals surface area (Å²) >= 11 is 6.73. The van der Waals surface area contributed by atoms with Crippen LogP contribution in [-0.2, 0) is 11.4 Å². The number of pyridine rings is 1. The second-order valence-corrected chi connectivity index (χ2v) is 11.7. The summed E-state index contributed by atoms with van der Waals surface area (Å²) in [6.45, 7) is 13.0. The molecule has 0 bridgehead atoms. The SMILES string of the molecule is CCn1c(=O)c(-c2ccc(C3=NOC(C)N3C)cc2Cl)cc2cnc(Nc3ccc(N4CCN(C(C)C)CC4)cc3)nc21. The Balaban J connectivity index is 1.24. The summed E-state index contributed by atoms with van der Waals surface area (Å²) in [5.74, 6) is 1.12. The van der Waals surface area contributed by atoms with Crippen LogP contribution in [0.1, 0.15) is 33.3 Å². The lowest BCUT2D eigenvalue weighted by Gasteiger charge is -2.38. The number of hydrogen-bond acceptors (Lipinski definition) is 9. The summed E-state index contributed by atoms with van der Waals surface area (Å²) in [7, 11) is 1.91. The maximum Gasteiger partial charge on any atom is 0.260 e. The van der Waals surface area contributed by atoms with Gasteiger partial charge in [-0.3, -0.25) is 14.3 Å². The first-order valence-electron chi connectivity index (χ1n) is 14.8. The highest BCUT2D eigenvalue weighted by Crippen LogP contribution is 2.30. The van der Waals surface area contributed by atoms with Gasteiger partial charge < -0.3 is 20.0 Å². The summed E-state index contributed by atoms with van der Waals surface area (Å²) in [6, 6.07) is 16.3. The predicted octanol–water partition coefficient (Wildman–Crippen LogP) is 5.38. The zero-order valence-corrected chi connectivity index (χ0v) is 26.0. The van der Waals surface area contributed by atoms with Crippen LogP contribution in [0.15, 0.2) is 64.7 Å². The molecule has 43 heavy (non-hydrogen) atoms. The van der Waals surface area contributed by atoms with Crippen molar-refractivity contribution in [2.24, 2.45) is 5.16 Å². The van der Waals surface area contributed by atoms with Crippen LogP contribution in [-0.4, -0.2) is 75.7 Å². The van der Waals surface area contributed by atoms with Crippen molar-refractivity contribution in [2.75, 3.05) is 43.4 Å². The van der Waals surface area contributed by atoms with Crippen LogP contribution >= 0.6 is 11.6 Å². The number of hydrogen-bond donors (Lipinski definition) is 1. The van der Waals surface area contributed by atoms with Gasteiger partial charge in [-0.15, -0.1) is 0 Å². The average Bonchev–Trinajstić information content (AvgIpc) is 3.35. The predicted molar refractivity (Wildman–Crippen MR) is 173 cm³/mol. The van der Waals surface area contributed by atoms with Crippen LogP contribution in [0, 0.1) is 0 Å². The topological polar surface area (TPSA) is 91.1 Å². The van der Waals surface area contributed by atoms with E-state index in [9.17, 15) is 4.79 Å². The molecule has 0 aliphatic carbocycles. The number of fused-ring (bicyclic) bond motifs is 1. The van der Waals surface area contributed by atoms with Gasteiger partial charge in [-0.1, -0.05) is 28.9 Å². The van der Waals surface area contributed by atoms with Gasteiger partial charge in [0.25, 0.3) is 5.56 Å². The lowest BCUT2D eigenvalue weighted by atomic mass is 10.0. The van der Waals surface area contributed by atoms with E-state index in [2.05, 4.69) is 51.2 Å². The van der Waals surface area contributed by atoms with Crippen molar-refractivity contribution in [3.05, 3.63) is 75.7 Å². The minimum absolute atomic E-state index is 0.152. The molecule has 1 unspecified atom stereocenters. The van der Waals surface area contributed by atoms with Gasteiger partial charge >= 0.3 is 0 Å². The summed E-state index contributed by atoms with van der Waals surface area (Å²) in [4.78, 5) is 35.2. The summed E-state index contributed by atoms with van der Waals surface area (Å²) in [5.41, 5.74) is 4.44. The third-order valence-corrected chi connectivity index (χ3v) is 8.68. The number of amidine groups is 1. The lowest BCUT2D eigenvalue weighted by molar-refractivity contribution is 0.0354. The van der Waals surface area contributed by atoms with Crippen molar-refractivity contribution in [3.8, 4) is 11.1 Å². The number of aryl methyl sites for hydroxylation is 1. The molecule has 1 saturated heterocycles. The quantitative estimate of drug-likeness (QED) is 0.303. The van der Waals surface area contributed by atoms with E-state index >= 15 is 0 Å². The van der Waals surface area contributed by atoms with E-state index in [1.54, 1.807) is 10.8 Å². The molecule has 6 rings (SSSR count). The molecule has 0 amide bonds. The molecule has 10 nitrogen and oxygen atoms in total. The van der Waals surface area contributed by atoms with Gasteiger partial charge in [0.05, 0.1) is 0 Å². The van der Waals surface area contributed by atoms with Crippen molar-refractivity contribution in [2.45, 2.75) is 46.5 Å². The van der Waals surface area contributed by atoms with Gasteiger partial charge in [-0.05, 0) is 64.1 Å². The Kier molecular flexibility index (Phi) is 7.98. The smallest absolute Gasteiger partial charge is 0.260 e. The van der Waals surface area contributed by atoms with Gasteiger partial charge in [0.15, 0.2) is 12.1 Å². The molecule has 1 N–H and O–H groups in total. The monoisotopic (exact) mass is 600 g/mol. The van der Waals surface area contributed by atoms with Crippen LogP contribution in [0.5, 0.6) is 0 Å². The number of piperazine rings is 1. The van der Waals surface area contributed by atoms with Crippen molar-refractivity contribution >= 4 is 45.8 Å². The number of benzene rings is 2. The summed E-state index contributed by atoms with van der Waals surface area (Å²) < 4.78 is 1.66.